The van der Waals surface area contributed by atoms with Gasteiger partial charge in [-0.15, -0.1) is 0 Å². The summed E-state index contributed by atoms with van der Waals surface area (Å²) in [5, 5.41) is 10.7. The number of carboxylic acid groups (broad SMARTS) is 1. The van der Waals surface area contributed by atoms with Gasteiger partial charge in [0.15, 0.2) is 5.78 Å². The number of ketones is 1. The van der Waals surface area contributed by atoms with Crippen LogP contribution in [0.5, 0.6) is 0 Å². The van der Waals surface area contributed by atoms with Crippen molar-refractivity contribution in [3.63, 3.8) is 0 Å². The largest absolute Gasteiger partial charge is 0.481 e. The number of Topliss-reactive ketones (excluding diaryl/α,β-unsaturated/α-hetero) is 1. The van der Waals surface area contributed by atoms with E-state index in [1.165, 1.54) is 6.21 Å². The molecule has 0 aromatic heterocycles. The number of amides is 1. The van der Waals surface area contributed by atoms with Crippen LogP contribution in [0.3, 0.4) is 0 Å². The lowest BCUT2D eigenvalue weighted by Gasteiger charge is -1.96. The fraction of sp³-hybridized carbons (Fsp3) is 0.556. The number of rotatable bonds is 5. The molecule has 0 aliphatic carbocycles. The van der Waals surface area contributed by atoms with Crippen molar-refractivity contribution in [1.82, 2.24) is 5.32 Å². The maximum atomic E-state index is 11.1. The molecule has 1 saturated heterocycles. The zero-order chi connectivity index (χ0) is 11.3. The molecule has 0 bridgehead atoms. The van der Waals surface area contributed by atoms with Gasteiger partial charge >= 0.3 is 5.97 Å². The van der Waals surface area contributed by atoms with Crippen LogP contribution in [0, 0.1) is 5.92 Å². The Morgan fingerprint density at radius 3 is 2.87 bits per heavy atom. The molecule has 0 aromatic carbocycles. The van der Waals surface area contributed by atoms with E-state index in [9.17, 15) is 14.4 Å². The highest BCUT2D eigenvalue weighted by Gasteiger charge is 2.30. The summed E-state index contributed by atoms with van der Waals surface area (Å²) in [7, 11) is 0. The molecule has 0 aromatic rings. The van der Waals surface area contributed by atoms with E-state index < -0.39 is 11.9 Å². The third kappa shape index (κ3) is 3.49. The minimum absolute atomic E-state index is 0.0438. The van der Waals surface area contributed by atoms with Crippen LogP contribution in [0.4, 0.5) is 0 Å². The second-order valence-electron chi connectivity index (χ2n) is 3.21. The lowest BCUT2D eigenvalue weighted by molar-refractivity contribution is -0.137. The van der Waals surface area contributed by atoms with Gasteiger partial charge in [-0.1, -0.05) is 0 Å². The Morgan fingerprint density at radius 1 is 1.60 bits per heavy atom. The molecule has 1 heterocycles. The van der Waals surface area contributed by atoms with Gasteiger partial charge in [0.1, 0.15) is 5.92 Å². The first kappa shape index (κ1) is 11.4. The third-order valence-electron chi connectivity index (χ3n) is 2.00. The molecule has 0 spiro atoms. The Bertz CT molecular complexity index is 295. The normalized spacial score (nSPS) is 20.9. The summed E-state index contributed by atoms with van der Waals surface area (Å²) in [5.74, 6) is -2.18. The van der Waals surface area contributed by atoms with Crippen molar-refractivity contribution < 1.29 is 19.5 Å². The Balaban J connectivity index is 2.28. The molecule has 82 valence electrons. The van der Waals surface area contributed by atoms with E-state index in [1.54, 1.807) is 0 Å². The first-order chi connectivity index (χ1) is 7.11. The van der Waals surface area contributed by atoms with E-state index in [1.807, 2.05) is 0 Å². The van der Waals surface area contributed by atoms with Crippen molar-refractivity contribution in [1.29, 1.82) is 0 Å². The minimum atomic E-state index is -0.875. The van der Waals surface area contributed by atoms with Crippen LogP contribution in [0.1, 0.15) is 12.8 Å². The average molecular weight is 212 g/mol. The maximum Gasteiger partial charge on any atom is 0.303 e. The first-order valence-electron chi connectivity index (χ1n) is 4.63. The van der Waals surface area contributed by atoms with Gasteiger partial charge in [0.2, 0.25) is 5.91 Å². The van der Waals surface area contributed by atoms with Crippen molar-refractivity contribution in [3.8, 4) is 0 Å². The van der Waals surface area contributed by atoms with Crippen LogP contribution >= 0.6 is 0 Å². The molecule has 1 rings (SSSR count). The van der Waals surface area contributed by atoms with Gasteiger partial charge in [0.05, 0.1) is 6.54 Å². The molecular formula is C9H12N2O4. The molecule has 6 heteroatoms. The number of hydrogen-bond acceptors (Lipinski definition) is 4. The van der Waals surface area contributed by atoms with Crippen molar-refractivity contribution in [3.05, 3.63) is 0 Å². The van der Waals surface area contributed by atoms with Gasteiger partial charge in [-0.05, 0) is 6.42 Å². The second kappa shape index (κ2) is 5.23. The SMILES string of the molecule is O=C(O)CCCN=CC1C(=O)CNC1=O. The molecule has 0 saturated carbocycles. The highest BCUT2D eigenvalue weighted by atomic mass is 16.4. The summed E-state index contributed by atoms with van der Waals surface area (Å²) >= 11 is 0. The molecule has 1 atom stereocenters. The standard InChI is InChI=1S/C9H12N2O4/c12-7-5-11-9(15)6(7)4-10-3-1-2-8(13)14/h4,6H,1-3,5H2,(H,11,15)(H,13,14). The monoisotopic (exact) mass is 212 g/mol. The molecule has 0 radical (unpaired) electrons. The van der Waals surface area contributed by atoms with E-state index in [0.29, 0.717) is 13.0 Å². The van der Waals surface area contributed by atoms with Crippen molar-refractivity contribution in [2.75, 3.05) is 13.1 Å². The Hall–Kier alpha value is -1.72. The summed E-state index contributed by atoms with van der Waals surface area (Å²) in [4.78, 5) is 36.1. The number of nitrogens with zero attached hydrogens (tertiary/aromatic N) is 1. The first-order valence-corrected chi connectivity index (χ1v) is 4.63. The molecule has 15 heavy (non-hydrogen) atoms. The van der Waals surface area contributed by atoms with E-state index in [0.717, 1.165) is 0 Å². The van der Waals surface area contributed by atoms with Crippen LogP contribution in [0.15, 0.2) is 4.99 Å². The van der Waals surface area contributed by atoms with Gasteiger partial charge < -0.3 is 10.4 Å². The zero-order valence-corrected chi connectivity index (χ0v) is 8.10. The van der Waals surface area contributed by atoms with Gasteiger partial charge in [0, 0.05) is 19.2 Å². The Kier molecular flexibility index (Phi) is 3.96. The molecule has 1 fully saturated rings. The fourth-order valence-electron chi connectivity index (χ4n) is 1.19. The van der Waals surface area contributed by atoms with Crippen LogP contribution in [0.25, 0.3) is 0 Å². The Morgan fingerprint density at radius 2 is 2.33 bits per heavy atom. The maximum absolute atomic E-state index is 11.1. The summed E-state index contributed by atoms with van der Waals surface area (Å²) in [6.07, 6.45) is 1.75. The van der Waals surface area contributed by atoms with Gasteiger partial charge in [-0.25, -0.2) is 0 Å². The van der Waals surface area contributed by atoms with Crippen LogP contribution in [-0.2, 0) is 14.4 Å². The number of aliphatic carboxylic acids is 1. The van der Waals surface area contributed by atoms with Crippen molar-refractivity contribution in [2.24, 2.45) is 10.9 Å². The number of nitrogens with one attached hydrogen (secondary N) is 1. The summed E-state index contributed by atoms with van der Waals surface area (Å²) in [6, 6.07) is 0. The number of carbonyl (C=O) groups excluding carboxylic acids is 2. The fourth-order valence-corrected chi connectivity index (χ4v) is 1.19. The van der Waals surface area contributed by atoms with Gasteiger partial charge in [0.25, 0.3) is 0 Å². The zero-order valence-electron chi connectivity index (χ0n) is 8.10. The second-order valence-corrected chi connectivity index (χ2v) is 3.21. The Labute approximate surface area is 86.4 Å². The highest BCUT2D eigenvalue weighted by molar-refractivity contribution is 6.18. The predicted octanol–water partition coefficient (Wildman–Crippen LogP) is -0.763. The molecule has 6 nitrogen and oxygen atoms in total. The highest BCUT2D eigenvalue weighted by Crippen LogP contribution is 2.02. The smallest absolute Gasteiger partial charge is 0.303 e. The molecule has 1 aliphatic rings. The van der Waals surface area contributed by atoms with Crippen LogP contribution in [0.2, 0.25) is 0 Å². The van der Waals surface area contributed by atoms with Crippen molar-refractivity contribution >= 4 is 23.9 Å². The molecular weight excluding hydrogens is 200 g/mol. The lowest BCUT2D eigenvalue weighted by Crippen LogP contribution is -2.20. The quantitative estimate of drug-likeness (QED) is 0.355. The topological polar surface area (TPSA) is 95.8 Å². The summed E-state index contributed by atoms with van der Waals surface area (Å²) in [5.41, 5.74) is 0. The number of hydrogen-bond donors (Lipinski definition) is 2. The number of carboxylic acids is 1. The van der Waals surface area contributed by atoms with E-state index in [4.69, 9.17) is 5.11 Å². The van der Waals surface area contributed by atoms with Crippen LogP contribution < -0.4 is 5.32 Å². The van der Waals surface area contributed by atoms with Crippen molar-refractivity contribution in [2.45, 2.75) is 12.8 Å². The van der Waals surface area contributed by atoms with Gasteiger partial charge in [-0.3, -0.25) is 19.4 Å². The predicted molar refractivity (Wildman–Crippen MR) is 51.7 cm³/mol. The number of carbonyl (C=O) groups is 3. The lowest BCUT2D eigenvalue weighted by atomic mass is 10.1. The third-order valence-corrected chi connectivity index (χ3v) is 2.00. The van der Waals surface area contributed by atoms with Gasteiger partial charge in [-0.2, -0.15) is 0 Å². The summed E-state index contributed by atoms with van der Waals surface area (Å²) < 4.78 is 0. The number of aliphatic imine (C=N–C) groups is 1. The molecule has 1 unspecified atom stereocenters. The summed E-state index contributed by atoms with van der Waals surface area (Å²) in [6.45, 7) is 0.383. The van der Waals surface area contributed by atoms with E-state index in [-0.39, 0.29) is 24.7 Å². The molecule has 2 N–H and O–H groups in total. The van der Waals surface area contributed by atoms with E-state index >= 15 is 0 Å². The molecule has 1 aliphatic heterocycles. The minimum Gasteiger partial charge on any atom is -0.481 e. The van der Waals surface area contributed by atoms with E-state index in [2.05, 4.69) is 10.3 Å². The van der Waals surface area contributed by atoms with Crippen LogP contribution in [-0.4, -0.2) is 42.1 Å². The molecule has 1 amide bonds. The average Bonchev–Trinajstić information content (AvgIpc) is 2.47.